The van der Waals surface area contributed by atoms with Crippen molar-refractivity contribution >= 4 is 43.6 Å². The van der Waals surface area contributed by atoms with E-state index in [9.17, 15) is 18.0 Å². The van der Waals surface area contributed by atoms with Gasteiger partial charge >= 0.3 is 6.09 Å². The average Bonchev–Trinajstić information content (AvgIpc) is 3.42. The molecule has 0 saturated carbocycles. The molecule has 35 heavy (non-hydrogen) atoms. The number of piperazine rings is 1. The predicted octanol–water partition coefficient (Wildman–Crippen LogP) is 3.06. The molecule has 4 rings (SSSR count). The smallest absolute Gasteiger partial charge is 0.410 e. The number of hydrogen-bond donors (Lipinski definition) is 0. The fourth-order valence-corrected chi connectivity index (χ4v) is 7.54. The highest BCUT2D eigenvalue weighted by molar-refractivity contribution is 9.10. The van der Waals surface area contributed by atoms with Gasteiger partial charge in [0.05, 0.1) is 11.4 Å². The highest BCUT2D eigenvalue weighted by Crippen LogP contribution is 2.37. The molecular weight excluding hydrogens is 536 g/mol. The first kappa shape index (κ1) is 26.4. The molecule has 2 amide bonds. The van der Waals surface area contributed by atoms with E-state index in [1.54, 1.807) is 15.9 Å². The molecule has 1 aromatic carbocycles. The highest BCUT2D eigenvalue weighted by atomic mass is 79.9. The van der Waals surface area contributed by atoms with Crippen LogP contribution in [0.3, 0.4) is 0 Å². The Kier molecular flexibility index (Phi) is 7.53. The minimum Gasteiger partial charge on any atom is -0.444 e. The first-order chi connectivity index (χ1) is 16.4. The molecule has 0 spiro atoms. The highest BCUT2D eigenvalue weighted by Gasteiger charge is 2.35. The van der Waals surface area contributed by atoms with Crippen LogP contribution < -0.4 is 4.90 Å². The van der Waals surface area contributed by atoms with Crippen molar-refractivity contribution in [3.8, 4) is 0 Å². The second kappa shape index (κ2) is 9.99. The monoisotopic (exact) mass is 570 g/mol. The lowest BCUT2D eigenvalue weighted by Gasteiger charge is -2.40. The van der Waals surface area contributed by atoms with Gasteiger partial charge in [-0.1, -0.05) is 0 Å². The van der Waals surface area contributed by atoms with E-state index in [1.807, 2.05) is 38.7 Å². The van der Waals surface area contributed by atoms with Crippen LogP contribution in [0.4, 0.5) is 10.5 Å². The van der Waals surface area contributed by atoms with E-state index in [4.69, 9.17) is 4.74 Å². The molecule has 0 aromatic heterocycles. The largest absolute Gasteiger partial charge is 0.444 e. The third kappa shape index (κ3) is 5.68. The Bertz CT molecular complexity index is 1100. The molecule has 0 N–H and O–H groups in total. The van der Waals surface area contributed by atoms with Gasteiger partial charge in [0, 0.05) is 55.5 Å². The third-order valence-corrected chi connectivity index (χ3v) is 9.57. The van der Waals surface area contributed by atoms with E-state index in [2.05, 4.69) is 15.9 Å². The topological polar surface area (TPSA) is 90.5 Å². The van der Waals surface area contributed by atoms with Crippen molar-refractivity contribution in [2.75, 3.05) is 50.7 Å². The van der Waals surface area contributed by atoms with Crippen LogP contribution >= 0.6 is 15.9 Å². The minimum absolute atomic E-state index is 0.0616. The lowest BCUT2D eigenvalue weighted by molar-refractivity contribution is -0.120. The molecule has 3 aliphatic heterocycles. The summed E-state index contributed by atoms with van der Waals surface area (Å²) in [7, 11) is -3.61. The number of amides is 2. The molecule has 2 fully saturated rings. The second-order valence-corrected chi connectivity index (χ2v) is 13.3. The van der Waals surface area contributed by atoms with Crippen molar-refractivity contribution in [2.45, 2.75) is 63.5 Å². The van der Waals surface area contributed by atoms with Gasteiger partial charge in [-0.25, -0.2) is 13.2 Å². The number of ether oxygens (including phenoxy) is 1. The van der Waals surface area contributed by atoms with Gasteiger partial charge in [0.15, 0.2) is 0 Å². The van der Waals surface area contributed by atoms with Crippen LogP contribution in [-0.2, 0) is 26.0 Å². The number of rotatable bonds is 4. The Labute approximate surface area is 216 Å². The van der Waals surface area contributed by atoms with Crippen molar-refractivity contribution in [3.63, 3.8) is 0 Å². The van der Waals surface area contributed by atoms with Crippen LogP contribution in [0.15, 0.2) is 21.5 Å². The zero-order valence-electron chi connectivity index (χ0n) is 20.9. The zero-order valence-corrected chi connectivity index (χ0v) is 23.3. The molecule has 194 valence electrons. The van der Waals surface area contributed by atoms with Crippen LogP contribution in [-0.4, -0.2) is 92.0 Å². The van der Waals surface area contributed by atoms with Gasteiger partial charge < -0.3 is 14.5 Å². The van der Waals surface area contributed by atoms with Gasteiger partial charge in [0.25, 0.3) is 0 Å². The molecule has 2 saturated heterocycles. The Morgan fingerprint density at radius 2 is 1.77 bits per heavy atom. The fraction of sp³-hybridized carbons (Fsp3) is 0.667. The van der Waals surface area contributed by atoms with Gasteiger partial charge in [0.2, 0.25) is 15.9 Å². The van der Waals surface area contributed by atoms with E-state index in [1.165, 1.54) is 4.31 Å². The second-order valence-electron chi connectivity index (χ2n) is 10.6. The van der Waals surface area contributed by atoms with E-state index in [0.717, 1.165) is 18.4 Å². The van der Waals surface area contributed by atoms with E-state index in [0.29, 0.717) is 55.8 Å². The van der Waals surface area contributed by atoms with Crippen LogP contribution in [0, 0.1) is 0 Å². The minimum atomic E-state index is -3.61. The van der Waals surface area contributed by atoms with E-state index < -0.39 is 15.6 Å². The van der Waals surface area contributed by atoms with Gasteiger partial charge in [-0.15, -0.1) is 0 Å². The normalized spacial score (nSPS) is 21.9. The van der Waals surface area contributed by atoms with Crippen molar-refractivity contribution in [1.82, 2.24) is 14.1 Å². The summed E-state index contributed by atoms with van der Waals surface area (Å²) in [5.41, 5.74) is 1.09. The fourth-order valence-electron chi connectivity index (χ4n) is 4.96. The number of sulfonamides is 1. The van der Waals surface area contributed by atoms with Crippen LogP contribution in [0.25, 0.3) is 0 Å². The summed E-state index contributed by atoms with van der Waals surface area (Å²) < 4.78 is 34.0. The van der Waals surface area contributed by atoms with Crippen LogP contribution in [0.1, 0.15) is 46.1 Å². The zero-order chi connectivity index (χ0) is 25.5. The number of carbonyl (C=O) groups excluding carboxylic acids is 2. The van der Waals surface area contributed by atoms with Gasteiger partial charge in [-0.2, -0.15) is 4.31 Å². The van der Waals surface area contributed by atoms with Gasteiger partial charge in [-0.05, 0) is 80.6 Å². The molecule has 3 heterocycles. The molecule has 1 atom stereocenters. The first-order valence-electron chi connectivity index (χ1n) is 12.2. The van der Waals surface area contributed by atoms with Crippen molar-refractivity contribution in [2.24, 2.45) is 0 Å². The molecule has 1 aromatic rings. The Morgan fingerprint density at radius 1 is 1.09 bits per heavy atom. The maximum Gasteiger partial charge on any atom is 0.410 e. The van der Waals surface area contributed by atoms with E-state index >= 15 is 0 Å². The van der Waals surface area contributed by atoms with Crippen LogP contribution in [0.2, 0.25) is 0 Å². The Hall–Kier alpha value is -1.69. The number of halogens is 1. The standard InChI is InChI=1S/C24H35BrN4O5S/c1-17-15-26(11-12-28(17)23(31)34-24(2,3)4)16-22(30)29-10-7-18-13-19(25)21(14-20(18)29)35(32,33)27-8-5-6-9-27/h13-14,17H,5-12,15-16H2,1-4H3/t17-/m1/s1. The number of carbonyl (C=O) groups is 2. The van der Waals surface area contributed by atoms with Gasteiger partial charge in [-0.3, -0.25) is 9.69 Å². The number of fused-ring (bicyclic) bond motifs is 1. The maximum absolute atomic E-state index is 13.3. The molecular formula is C24H35BrN4O5S. The maximum atomic E-state index is 13.3. The number of benzene rings is 1. The lowest BCUT2D eigenvalue weighted by atomic mass is 10.1. The predicted molar refractivity (Wildman–Crippen MR) is 137 cm³/mol. The van der Waals surface area contributed by atoms with Crippen molar-refractivity contribution in [3.05, 3.63) is 22.2 Å². The molecule has 0 unspecified atom stereocenters. The average molecular weight is 572 g/mol. The number of nitrogens with zero attached hydrogens (tertiary/aromatic N) is 4. The molecule has 0 radical (unpaired) electrons. The summed E-state index contributed by atoms with van der Waals surface area (Å²) in [6.07, 6.45) is 2.09. The summed E-state index contributed by atoms with van der Waals surface area (Å²) >= 11 is 3.45. The molecule has 0 bridgehead atoms. The third-order valence-electron chi connectivity index (χ3n) is 6.71. The quantitative estimate of drug-likeness (QED) is 0.552. The van der Waals surface area contributed by atoms with Crippen LogP contribution in [0.5, 0.6) is 0 Å². The SMILES string of the molecule is C[C@@H]1CN(CC(=O)N2CCc3cc(Br)c(S(=O)(=O)N4CCCC4)cc32)CCN1C(=O)OC(C)(C)C. The number of anilines is 1. The Morgan fingerprint density at radius 3 is 2.40 bits per heavy atom. The van der Waals surface area contributed by atoms with Gasteiger partial charge in [0.1, 0.15) is 5.60 Å². The lowest BCUT2D eigenvalue weighted by Crippen LogP contribution is -2.56. The Balaban J connectivity index is 1.44. The number of hydrogen-bond acceptors (Lipinski definition) is 6. The van der Waals surface area contributed by atoms with Crippen molar-refractivity contribution in [1.29, 1.82) is 0 Å². The summed E-state index contributed by atoms with van der Waals surface area (Å²) in [4.78, 5) is 31.5. The molecule has 9 nitrogen and oxygen atoms in total. The summed E-state index contributed by atoms with van der Waals surface area (Å²) in [6.45, 7) is 10.9. The summed E-state index contributed by atoms with van der Waals surface area (Å²) in [6, 6.07) is 3.42. The summed E-state index contributed by atoms with van der Waals surface area (Å²) in [5, 5.41) is 0. The molecule has 3 aliphatic rings. The van der Waals surface area contributed by atoms with E-state index in [-0.39, 0.29) is 29.5 Å². The van der Waals surface area contributed by atoms with Crippen molar-refractivity contribution < 1.29 is 22.7 Å². The summed E-state index contributed by atoms with van der Waals surface area (Å²) in [5.74, 6) is -0.0616. The first-order valence-corrected chi connectivity index (χ1v) is 14.4. The molecule has 0 aliphatic carbocycles. The molecule has 11 heteroatoms.